The lowest BCUT2D eigenvalue weighted by Crippen LogP contribution is -2.37. The molecule has 1 aromatic heterocycles. The van der Waals surface area contributed by atoms with Gasteiger partial charge in [0, 0.05) is 11.1 Å². The van der Waals surface area contributed by atoms with Gasteiger partial charge in [0.1, 0.15) is 11.5 Å². The van der Waals surface area contributed by atoms with Crippen LogP contribution in [0.25, 0.3) is 6.08 Å². The van der Waals surface area contributed by atoms with E-state index in [1.807, 2.05) is 0 Å². The summed E-state index contributed by atoms with van der Waals surface area (Å²) < 4.78 is 0.757. The molecule has 0 fully saturated rings. The molecule has 0 bridgehead atoms. The van der Waals surface area contributed by atoms with Crippen molar-refractivity contribution < 1.29 is 4.79 Å². The molecule has 1 heterocycles. The molecule has 0 atom stereocenters. The van der Waals surface area contributed by atoms with Crippen LogP contribution in [0.15, 0.2) is 39.9 Å². The smallest absolute Gasteiger partial charge is 0.330 e. The van der Waals surface area contributed by atoms with Gasteiger partial charge < -0.3 is 11.1 Å². The van der Waals surface area contributed by atoms with E-state index in [9.17, 15) is 14.4 Å². The largest absolute Gasteiger partial charge is 0.383 e. The summed E-state index contributed by atoms with van der Waals surface area (Å²) in [5, 5.41) is 2.86. The van der Waals surface area contributed by atoms with Crippen LogP contribution in [0.5, 0.6) is 0 Å². The number of aromatic amines is 1. The molecule has 0 unspecified atom stereocenters. The van der Waals surface area contributed by atoms with Crippen molar-refractivity contribution >= 4 is 35.1 Å². The summed E-state index contributed by atoms with van der Waals surface area (Å²) in [5.41, 5.74) is 4.52. The average Bonchev–Trinajstić information content (AvgIpc) is 2.53. The lowest BCUT2D eigenvalue weighted by molar-refractivity contribution is -0.111. The minimum Gasteiger partial charge on any atom is -0.383 e. The van der Waals surface area contributed by atoms with Gasteiger partial charge in [0.15, 0.2) is 0 Å². The molecule has 4 N–H and O–H groups in total. The molecule has 0 aliphatic rings. The molecule has 2 rings (SSSR count). The number of rotatable bonds is 4. The number of hydrogen-bond donors (Lipinski definition) is 3. The predicted molar refractivity (Wildman–Crippen MR) is 93.7 cm³/mol. The van der Waals surface area contributed by atoms with E-state index in [1.165, 1.54) is 12.2 Å². The van der Waals surface area contributed by atoms with Crippen LogP contribution < -0.4 is 22.3 Å². The third-order valence-corrected chi connectivity index (χ3v) is 3.22. The van der Waals surface area contributed by atoms with E-state index in [2.05, 4.69) is 16.2 Å². The zero-order chi connectivity index (χ0) is 17.7. The number of carbonyl (C=O) groups excluding carboxylic acids is 1. The third-order valence-electron chi connectivity index (χ3n) is 2.99. The van der Waals surface area contributed by atoms with Crippen molar-refractivity contribution in [3.8, 4) is 12.3 Å². The Balaban J connectivity index is 2.26. The standard InChI is InChI=1S/C16H13ClN4O3/c1-2-8-21-15(23)13(14(18)20-16(21)24)19-12(22)7-6-10-4-3-5-11(17)9-10/h1,3-7,9H,8,18H2,(H,19,22)(H,20,24)/b7-6+. The molecule has 0 spiro atoms. The molecule has 0 saturated carbocycles. The molecule has 1 amide bonds. The van der Waals surface area contributed by atoms with Crippen LogP contribution in [0.4, 0.5) is 11.5 Å². The lowest BCUT2D eigenvalue weighted by atomic mass is 10.2. The van der Waals surface area contributed by atoms with Gasteiger partial charge in [-0.25, -0.2) is 9.36 Å². The first-order valence-corrected chi connectivity index (χ1v) is 7.11. The second-order valence-electron chi connectivity index (χ2n) is 4.69. The topological polar surface area (TPSA) is 110 Å². The maximum absolute atomic E-state index is 12.2. The summed E-state index contributed by atoms with van der Waals surface area (Å²) >= 11 is 5.85. The van der Waals surface area contributed by atoms with Crippen molar-refractivity contribution in [1.82, 2.24) is 9.55 Å². The van der Waals surface area contributed by atoms with Gasteiger partial charge in [-0.2, -0.15) is 0 Å². The second kappa shape index (κ2) is 7.35. The Labute approximate surface area is 141 Å². The fourth-order valence-electron chi connectivity index (χ4n) is 1.89. The Morgan fingerprint density at radius 1 is 1.46 bits per heavy atom. The van der Waals surface area contributed by atoms with Crippen LogP contribution in [-0.4, -0.2) is 15.5 Å². The number of nitrogen functional groups attached to an aromatic ring is 1. The van der Waals surface area contributed by atoms with Gasteiger partial charge in [-0.05, 0) is 23.8 Å². The minimum absolute atomic E-state index is 0.240. The zero-order valence-corrected chi connectivity index (χ0v) is 13.1. The van der Waals surface area contributed by atoms with Crippen molar-refractivity contribution in [2.75, 3.05) is 11.1 Å². The third kappa shape index (κ3) is 3.94. The summed E-state index contributed by atoms with van der Waals surface area (Å²) in [4.78, 5) is 38.0. The van der Waals surface area contributed by atoms with E-state index in [0.29, 0.717) is 10.6 Å². The Bertz CT molecular complexity index is 967. The average molecular weight is 345 g/mol. The second-order valence-corrected chi connectivity index (χ2v) is 5.13. The highest BCUT2D eigenvalue weighted by molar-refractivity contribution is 6.30. The van der Waals surface area contributed by atoms with Gasteiger partial charge in [-0.1, -0.05) is 29.7 Å². The number of halogens is 1. The number of carbonyl (C=O) groups is 1. The summed E-state index contributed by atoms with van der Waals surface area (Å²) in [6, 6.07) is 6.86. The van der Waals surface area contributed by atoms with Crippen LogP contribution >= 0.6 is 11.6 Å². The van der Waals surface area contributed by atoms with E-state index in [0.717, 1.165) is 4.57 Å². The molecule has 1 aromatic carbocycles. The number of amides is 1. The molecule has 0 radical (unpaired) electrons. The van der Waals surface area contributed by atoms with Gasteiger partial charge in [0.2, 0.25) is 5.91 Å². The maximum Gasteiger partial charge on any atom is 0.330 e. The molecule has 0 aliphatic heterocycles. The van der Waals surface area contributed by atoms with Crippen LogP contribution in [-0.2, 0) is 11.3 Å². The number of terminal acetylenes is 1. The molecule has 122 valence electrons. The first-order valence-electron chi connectivity index (χ1n) is 6.73. The first-order chi connectivity index (χ1) is 11.4. The summed E-state index contributed by atoms with van der Waals surface area (Å²) in [6.45, 7) is -0.240. The SMILES string of the molecule is C#CCn1c(=O)[nH]c(N)c(NC(=O)/C=C/c2cccc(Cl)c2)c1=O. The van der Waals surface area contributed by atoms with E-state index in [-0.39, 0.29) is 18.1 Å². The molecule has 8 heteroatoms. The van der Waals surface area contributed by atoms with E-state index in [1.54, 1.807) is 24.3 Å². The highest BCUT2D eigenvalue weighted by Crippen LogP contribution is 2.12. The number of H-pyrrole nitrogens is 1. The number of anilines is 2. The van der Waals surface area contributed by atoms with Gasteiger partial charge in [-0.15, -0.1) is 6.42 Å². The van der Waals surface area contributed by atoms with Gasteiger partial charge >= 0.3 is 5.69 Å². The van der Waals surface area contributed by atoms with Gasteiger partial charge in [0.05, 0.1) is 6.54 Å². The van der Waals surface area contributed by atoms with Crippen LogP contribution in [0.3, 0.4) is 0 Å². The number of benzene rings is 1. The van der Waals surface area contributed by atoms with E-state index in [4.69, 9.17) is 23.8 Å². The number of nitrogens with zero attached hydrogens (tertiary/aromatic N) is 1. The maximum atomic E-state index is 12.2. The minimum atomic E-state index is -0.779. The van der Waals surface area contributed by atoms with Gasteiger partial charge in [-0.3, -0.25) is 14.6 Å². The first kappa shape index (κ1) is 17.1. The van der Waals surface area contributed by atoms with Gasteiger partial charge in [0.25, 0.3) is 5.56 Å². The molecule has 0 aliphatic carbocycles. The normalized spacial score (nSPS) is 10.5. The number of hydrogen-bond acceptors (Lipinski definition) is 4. The van der Waals surface area contributed by atoms with E-state index >= 15 is 0 Å². The zero-order valence-electron chi connectivity index (χ0n) is 12.4. The molecule has 7 nitrogen and oxygen atoms in total. The van der Waals surface area contributed by atoms with Crippen LogP contribution in [0.1, 0.15) is 5.56 Å². The highest BCUT2D eigenvalue weighted by Gasteiger charge is 2.13. The van der Waals surface area contributed by atoms with Crippen molar-refractivity contribution in [1.29, 1.82) is 0 Å². The van der Waals surface area contributed by atoms with Crippen LogP contribution in [0.2, 0.25) is 5.02 Å². The molecule has 0 saturated heterocycles. The Kier molecular flexibility index (Phi) is 5.24. The molecule has 2 aromatic rings. The van der Waals surface area contributed by atoms with Crippen molar-refractivity contribution in [3.63, 3.8) is 0 Å². The highest BCUT2D eigenvalue weighted by atomic mass is 35.5. The fraction of sp³-hybridized carbons (Fsp3) is 0.0625. The summed E-state index contributed by atoms with van der Waals surface area (Å²) in [7, 11) is 0. The Hall–Kier alpha value is -3.24. The molecular formula is C16H13ClN4O3. The molecule has 24 heavy (non-hydrogen) atoms. The summed E-state index contributed by atoms with van der Waals surface area (Å²) in [5.74, 6) is 1.33. The van der Waals surface area contributed by atoms with Crippen molar-refractivity contribution in [2.45, 2.75) is 6.54 Å². The number of aromatic nitrogens is 2. The Morgan fingerprint density at radius 2 is 2.21 bits per heavy atom. The van der Waals surface area contributed by atoms with Crippen molar-refractivity contribution in [2.24, 2.45) is 0 Å². The van der Waals surface area contributed by atoms with Crippen LogP contribution in [0, 0.1) is 12.3 Å². The monoisotopic (exact) mass is 344 g/mol. The summed E-state index contributed by atoms with van der Waals surface area (Å²) in [6.07, 6.45) is 7.84. The number of nitrogens with two attached hydrogens (primary N) is 1. The lowest BCUT2D eigenvalue weighted by Gasteiger charge is -2.08. The quantitative estimate of drug-likeness (QED) is 0.569. The predicted octanol–water partition coefficient (Wildman–Crippen LogP) is 1.06. The molecular weight excluding hydrogens is 332 g/mol. The fourth-order valence-corrected chi connectivity index (χ4v) is 2.09. The van der Waals surface area contributed by atoms with E-state index < -0.39 is 17.2 Å². The Morgan fingerprint density at radius 3 is 2.88 bits per heavy atom. The number of nitrogens with one attached hydrogen (secondary N) is 2. The van der Waals surface area contributed by atoms with Crippen molar-refractivity contribution in [3.05, 3.63) is 61.8 Å².